The Morgan fingerprint density at radius 1 is 0.305 bits per heavy atom. The van der Waals surface area contributed by atoms with Crippen molar-refractivity contribution in [2.75, 3.05) is 0 Å². The highest BCUT2D eigenvalue weighted by Gasteiger charge is 2.24. The first-order valence-corrected chi connectivity index (χ1v) is 20.1. The molecule has 0 N–H and O–H groups in total. The number of rotatable bonds is 4. The number of nitrogens with zero attached hydrogens (tertiary/aromatic N) is 4. The molecule has 0 radical (unpaired) electrons. The summed E-state index contributed by atoms with van der Waals surface area (Å²) in [5.41, 5.74) is 8.68. The maximum Gasteiger partial charge on any atom is 0.164 e. The fourth-order valence-corrected chi connectivity index (χ4v) is 9.59. The van der Waals surface area contributed by atoms with E-state index in [-0.39, 0.29) is 0 Å². The third-order valence-electron chi connectivity index (χ3n) is 12.3. The quantitative estimate of drug-likeness (QED) is 0.168. The molecular formula is C55H32N4. The lowest BCUT2D eigenvalue weighted by Gasteiger charge is -2.15. The Morgan fingerprint density at radius 2 is 0.831 bits per heavy atom. The van der Waals surface area contributed by atoms with E-state index in [4.69, 9.17) is 15.0 Å². The average molecular weight is 749 g/mol. The Bertz CT molecular complexity index is 3760. The van der Waals surface area contributed by atoms with Crippen LogP contribution in [0.4, 0.5) is 0 Å². The third kappa shape index (κ3) is 4.81. The summed E-state index contributed by atoms with van der Waals surface area (Å²) >= 11 is 0. The Kier molecular flexibility index (Phi) is 6.69. The Balaban J connectivity index is 1.14. The Morgan fingerprint density at radius 3 is 1.58 bits per heavy atom. The minimum absolute atomic E-state index is 0.635. The van der Waals surface area contributed by atoms with Crippen molar-refractivity contribution in [1.29, 1.82) is 0 Å². The lowest BCUT2D eigenvalue weighted by molar-refractivity contribution is 1.08. The van der Waals surface area contributed by atoms with Crippen LogP contribution in [0.1, 0.15) is 0 Å². The van der Waals surface area contributed by atoms with Crippen LogP contribution >= 0.6 is 0 Å². The van der Waals surface area contributed by atoms with Gasteiger partial charge in [0.05, 0.1) is 16.6 Å². The highest BCUT2D eigenvalue weighted by Crippen LogP contribution is 2.47. The summed E-state index contributed by atoms with van der Waals surface area (Å²) in [5.74, 6) is 1.91. The summed E-state index contributed by atoms with van der Waals surface area (Å²) in [6, 6.07) is 69.8. The summed E-state index contributed by atoms with van der Waals surface area (Å²) in [7, 11) is 0. The lowest BCUT2D eigenvalue weighted by atomic mass is 9.91. The zero-order valence-corrected chi connectivity index (χ0v) is 31.8. The summed E-state index contributed by atoms with van der Waals surface area (Å²) in [5, 5.41) is 14.5. The van der Waals surface area contributed by atoms with Gasteiger partial charge in [-0.15, -0.1) is 0 Å². The van der Waals surface area contributed by atoms with E-state index in [1.54, 1.807) is 0 Å². The summed E-state index contributed by atoms with van der Waals surface area (Å²) in [6.07, 6.45) is 0. The van der Waals surface area contributed by atoms with E-state index in [0.29, 0.717) is 17.5 Å². The maximum absolute atomic E-state index is 5.39. The molecule has 272 valence electrons. The van der Waals surface area contributed by atoms with Crippen LogP contribution in [0.15, 0.2) is 194 Å². The van der Waals surface area contributed by atoms with Crippen molar-refractivity contribution in [2.24, 2.45) is 0 Å². The number of benzene rings is 10. The fourth-order valence-electron chi connectivity index (χ4n) is 9.59. The zero-order valence-electron chi connectivity index (χ0n) is 31.8. The van der Waals surface area contributed by atoms with Gasteiger partial charge < -0.3 is 4.40 Å². The molecule has 0 atom stereocenters. The number of hydrogen-bond acceptors (Lipinski definition) is 3. The van der Waals surface area contributed by atoms with Crippen LogP contribution in [-0.4, -0.2) is 19.4 Å². The van der Waals surface area contributed by atoms with E-state index in [9.17, 15) is 0 Å². The molecule has 3 aromatic heterocycles. The van der Waals surface area contributed by atoms with Gasteiger partial charge >= 0.3 is 0 Å². The zero-order chi connectivity index (χ0) is 38.6. The minimum atomic E-state index is 0.635. The van der Waals surface area contributed by atoms with Gasteiger partial charge in [0, 0.05) is 43.8 Å². The van der Waals surface area contributed by atoms with Gasteiger partial charge in [0.1, 0.15) is 0 Å². The van der Waals surface area contributed by atoms with Crippen LogP contribution in [0.3, 0.4) is 0 Å². The van der Waals surface area contributed by atoms with Crippen LogP contribution in [0, 0.1) is 0 Å². The molecule has 0 amide bonds. The number of fused-ring (bicyclic) bond motifs is 11. The van der Waals surface area contributed by atoms with Crippen molar-refractivity contribution in [3.63, 3.8) is 0 Å². The van der Waals surface area contributed by atoms with Crippen molar-refractivity contribution < 1.29 is 0 Å². The van der Waals surface area contributed by atoms with Crippen molar-refractivity contribution in [1.82, 2.24) is 19.4 Å². The summed E-state index contributed by atoms with van der Waals surface area (Å²) < 4.78 is 2.45. The second-order valence-corrected chi connectivity index (χ2v) is 15.6. The highest BCUT2D eigenvalue weighted by molar-refractivity contribution is 6.27. The molecule has 0 spiro atoms. The molecule has 10 aromatic carbocycles. The molecule has 3 heterocycles. The molecular weight excluding hydrogens is 717 g/mol. The SMILES string of the molecule is c1ccc2cc(-c3nc(-c4ccc5ccccc5c4)nc(-c4ccc5c(c4-c4ccc6c(ccc7ccccc76)c4)c4cccc6c7ccccc7n5c64)n3)ccc2c1. The smallest absolute Gasteiger partial charge is 0.164 e. The van der Waals surface area contributed by atoms with Crippen LogP contribution in [-0.2, 0) is 0 Å². The first kappa shape index (κ1) is 32.2. The Hall–Kier alpha value is -7.95. The molecule has 0 saturated carbocycles. The molecule has 0 aliphatic heterocycles. The normalized spacial score (nSPS) is 12.1. The van der Waals surface area contributed by atoms with Crippen LogP contribution in [0.5, 0.6) is 0 Å². The van der Waals surface area contributed by atoms with Gasteiger partial charge in [0.25, 0.3) is 0 Å². The molecule has 13 rings (SSSR count). The highest BCUT2D eigenvalue weighted by atomic mass is 15.0. The molecule has 0 unspecified atom stereocenters. The maximum atomic E-state index is 5.39. The van der Waals surface area contributed by atoms with E-state index in [1.165, 1.54) is 64.9 Å². The van der Waals surface area contributed by atoms with Gasteiger partial charge in [-0.05, 0) is 85.1 Å². The van der Waals surface area contributed by atoms with E-state index in [2.05, 4.69) is 199 Å². The lowest BCUT2D eigenvalue weighted by Crippen LogP contribution is -2.01. The van der Waals surface area contributed by atoms with Gasteiger partial charge in [0.15, 0.2) is 17.5 Å². The molecule has 0 aliphatic carbocycles. The molecule has 0 aliphatic rings. The Labute approximate surface area is 338 Å². The second-order valence-electron chi connectivity index (χ2n) is 15.6. The number of aromatic nitrogens is 4. The second kappa shape index (κ2) is 12.3. The van der Waals surface area contributed by atoms with Crippen molar-refractivity contribution in [3.8, 4) is 45.3 Å². The molecule has 0 bridgehead atoms. The largest absolute Gasteiger partial charge is 0.308 e. The molecule has 4 nitrogen and oxygen atoms in total. The van der Waals surface area contributed by atoms with E-state index in [0.717, 1.165) is 44.1 Å². The number of para-hydroxylation sites is 2. The van der Waals surface area contributed by atoms with Gasteiger partial charge in [-0.25, -0.2) is 15.0 Å². The van der Waals surface area contributed by atoms with Gasteiger partial charge in [-0.1, -0.05) is 158 Å². The minimum Gasteiger partial charge on any atom is -0.308 e. The van der Waals surface area contributed by atoms with Crippen molar-refractivity contribution >= 4 is 81.2 Å². The van der Waals surface area contributed by atoms with Gasteiger partial charge in [0.2, 0.25) is 0 Å². The molecule has 0 fully saturated rings. The molecule has 4 heteroatoms. The van der Waals surface area contributed by atoms with Crippen LogP contribution < -0.4 is 0 Å². The van der Waals surface area contributed by atoms with Crippen LogP contribution in [0.2, 0.25) is 0 Å². The summed E-state index contributed by atoms with van der Waals surface area (Å²) in [6.45, 7) is 0. The summed E-state index contributed by atoms with van der Waals surface area (Å²) in [4.78, 5) is 16.0. The first-order valence-electron chi connectivity index (χ1n) is 20.1. The van der Waals surface area contributed by atoms with Crippen molar-refractivity contribution in [2.45, 2.75) is 0 Å². The van der Waals surface area contributed by atoms with Crippen molar-refractivity contribution in [3.05, 3.63) is 194 Å². The molecule has 13 aromatic rings. The average Bonchev–Trinajstić information content (AvgIpc) is 3.83. The predicted octanol–water partition coefficient (Wildman–Crippen LogP) is 14.3. The van der Waals surface area contributed by atoms with Crippen LogP contribution in [0.25, 0.3) is 126 Å². The molecule has 0 saturated heterocycles. The standard InChI is InChI=1S/C55H32N4/c1-3-13-36-30-40(24-20-33(36)10-1)53-56-54(41-25-21-34-11-2-4-14-37(34)31-41)58-55(57-53)47-28-29-49-51(46-18-9-17-45-44-16-7-8-19-48(44)59(49)52(45)46)50(47)39-26-27-43-38(32-39)23-22-35-12-5-6-15-42(35)43/h1-32H. The predicted molar refractivity (Wildman–Crippen MR) is 246 cm³/mol. The van der Waals surface area contributed by atoms with Gasteiger partial charge in [-0.3, -0.25) is 0 Å². The topological polar surface area (TPSA) is 43.1 Å². The van der Waals surface area contributed by atoms with E-state index in [1.807, 2.05) is 0 Å². The van der Waals surface area contributed by atoms with E-state index >= 15 is 0 Å². The fraction of sp³-hybridized carbons (Fsp3) is 0. The monoisotopic (exact) mass is 748 g/mol. The molecule has 59 heavy (non-hydrogen) atoms. The first-order chi connectivity index (χ1) is 29.2. The van der Waals surface area contributed by atoms with E-state index < -0.39 is 0 Å². The third-order valence-corrected chi connectivity index (χ3v) is 12.3. The van der Waals surface area contributed by atoms with Gasteiger partial charge in [-0.2, -0.15) is 0 Å². The number of hydrogen-bond donors (Lipinski definition) is 0.